The van der Waals surface area contributed by atoms with E-state index >= 15 is 0 Å². The number of amides is 2. The zero-order valence-electron chi connectivity index (χ0n) is 12.4. The van der Waals surface area contributed by atoms with Gasteiger partial charge in [-0.05, 0) is 32.1 Å². The number of rotatable bonds is 4. The van der Waals surface area contributed by atoms with Crippen molar-refractivity contribution in [2.45, 2.75) is 50.1 Å². The van der Waals surface area contributed by atoms with Crippen LogP contribution in [0.15, 0.2) is 0 Å². The summed E-state index contributed by atoms with van der Waals surface area (Å²) >= 11 is 0. The highest BCUT2D eigenvalue weighted by Gasteiger charge is 2.33. The fourth-order valence-electron chi connectivity index (χ4n) is 3.00. The summed E-state index contributed by atoms with van der Waals surface area (Å²) < 4.78 is 2.12. The van der Waals surface area contributed by atoms with Crippen LogP contribution < -0.4 is 15.5 Å². The second-order valence-electron chi connectivity index (χ2n) is 6.52. The monoisotopic (exact) mass is 290 g/mol. The number of nitrogens with one attached hydrogen (secondary N) is 2. The first-order valence-electron chi connectivity index (χ1n) is 7.92. The first-order chi connectivity index (χ1) is 10.2. The highest BCUT2D eigenvalue weighted by molar-refractivity contribution is 5.75. The summed E-state index contributed by atoms with van der Waals surface area (Å²) in [5.41, 5.74) is 0. The van der Waals surface area contributed by atoms with Crippen molar-refractivity contribution in [1.82, 2.24) is 25.4 Å². The number of carbonyl (C=O) groups is 1. The Morgan fingerprint density at radius 2 is 1.86 bits per heavy atom. The van der Waals surface area contributed by atoms with E-state index in [9.17, 15) is 4.79 Å². The topological polar surface area (TPSA) is 75.1 Å². The number of urea groups is 1. The zero-order chi connectivity index (χ0) is 14.4. The van der Waals surface area contributed by atoms with E-state index in [0.717, 1.165) is 44.1 Å². The van der Waals surface area contributed by atoms with Crippen molar-refractivity contribution in [3.05, 3.63) is 5.82 Å². The molecule has 1 aromatic heterocycles. The number of hydrogen-bond donors (Lipinski definition) is 2. The number of aromatic nitrogens is 3. The first-order valence-corrected chi connectivity index (χ1v) is 7.92. The lowest BCUT2D eigenvalue weighted by atomic mass is 10.3. The largest absolute Gasteiger partial charge is 0.339 e. The molecule has 1 aliphatic heterocycles. The minimum atomic E-state index is -0.0269. The van der Waals surface area contributed by atoms with Gasteiger partial charge in [0.05, 0.1) is 0 Å². The van der Waals surface area contributed by atoms with Gasteiger partial charge in [-0.1, -0.05) is 0 Å². The first kappa shape index (κ1) is 12.9. The van der Waals surface area contributed by atoms with Gasteiger partial charge in [0.25, 0.3) is 0 Å². The van der Waals surface area contributed by atoms with Crippen LogP contribution in [0.4, 0.5) is 10.7 Å². The number of nitrogens with zero attached hydrogens (tertiary/aromatic N) is 4. The SMILES string of the molecule is Cn1c(C2CC2)nnc1N1CCC(NC(=O)NC2CC2)C1. The molecule has 2 N–H and O–H groups in total. The van der Waals surface area contributed by atoms with Gasteiger partial charge in [0.1, 0.15) is 5.82 Å². The second kappa shape index (κ2) is 4.89. The van der Waals surface area contributed by atoms with Gasteiger partial charge in [0, 0.05) is 38.1 Å². The summed E-state index contributed by atoms with van der Waals surface area (Å²) in [6.07, 6.45) is 5.67. The molecule has 7 heteroatoms. The van der Waals surface area contributed by atoms with Crippen LogP contribution in [-0.2, 0) is 7.05 Å². The smallest absolute Gasteiger partial charge is 0.315 e. The van der Waals surface area contributed by atoms with E-state index in [2.05, 4.69) is 30.3 Å². The third-order valence-corrected chi connectivity index (χ3v) is 4.55. The molecule has 1 atom stereocenters. The lowest BCUT2D eigenvalue weighted by molar-refractivity contribution is 0.237. The molecule has 2 amide bonds. The van der Waals surface area contributed by atoms with Crippen LogP contribution in [0.1, 0.15) is 43.8 Å². The molecule has 0 radical (unpaired) electrons. The van der Waals surface area contributed by atoms with Crippen molar-refractivity contribution in [2.24, 2.45) is 7.05 Å². The fourth-order valence-corrected chi connectivity index (χ4v) is 3.00. The molecule has 1 unspecified atom stereocenters. The van der Waals surface area contributed by atoms with Gasteiger partial charge in [-0.15, -0.1) is 10.2 Å². The van der Waals surface area contributed by atoms with E-state index in [0.29, 0.717) is 12.0 Å². The summed E-state index contributed by atoms with van der Waals surface area (Å²) in [5, 5.41) is 14.7. The number of carbonyl (C=O) groups excluding carboxylic acids is 1. The highest BCUT2D eigenvalue weighted by atomic mass is 16.2. The maximum absolute atomic E-state index is 11.8. The molecule has 4 rings (SSSR count). The lowest BCUT2D eigenvalue weighted by Gasteiger charge is -2.18. The Balaban J connectivity index is 1.35. The second-order valence-corrected chi connectivity index (χ2v) is 6.52. The Labute approximate surface area is 124 Å². The van der Waals surface area contributed by atoms with Crippen molar-refractivity contribution >= 4 is 12.0 Å². The standard InChI is InChI=1S/C14H22N6O/c1-19-12(9-2-3-9)17-18-14(19)20-7-6-11(8-20)16-13(21)15-10-4-5-10/h9-11H,2-8H2,1H3,(H2,15,16,21). The molecule has 1 saturated heterocycles. The van der Waals surface area contributed by atoms with Crippen LogP contribution in [0.2, 0.25) is 0 Å². The summed E-state index contributed by atoms with van der Waals surface area (Å²) in [4.78, 5) is 14.0. The molecule has 0 aromatic carbocycles. The van der Waals surface area contributed by atoms with Gasteiger partial charge in [-0.2, -0.15) is 0 Å². The summed E-state index contributed by atoms with van der Waals surface area (Å²) in [6.45, 7) is 1.74. The van der Waals surface area contributed by atoms with Crippen molar-refractivity contribution in [2.75, 3.05) is 18.0 Å². The van der Waals surface area contributed by atoms with E-state index in [1.165, 1.54) is 12.8 Å². The summed E-state index contributed by atoms with van der Waals surface area (Å²) in [6, 6.07) is 0.577. The van der Waals surface area contributed by atoms with E-state index in [1.54, 1.807) is 0 Å². The van der Waals surface area contributed by atoms with E-state index in [1.807, 2.05) is 7.05 Å². The lowest BCUT2D eigenvalue weighted by Crippen LogP contribution is -2.44. The van der Waals surface area contributed by atoms with E-state index in [-0.39, 0.29) is 12.1 Å². The molecular formula is C14H22N6O. The molecule has 2 heterocycles. The number of hydrogen-bond acceptors (Lipinski definition) is 4. The highest BCUT2D eigenvalue weighted by Crippen LogP contribution is 2.39. The van der Waals surface area contributed by atoms with Gasteiger partial charge < -0.3 is 20.1 Å². The Morgan fingerprint density at radius 1 is 1.10 bits per heavy atom. The normalized spacial score (nSPS) is 25.2. The van der Waals surface area contributed by atoms with Crippen molar-refractivity contribution < 1.29 is 4.79 Å². The maximum atomic E-state index is 11.8. The van der Waals surface area contributed by atoms with Gasteiger partial charge in [-0.3, -0.25) is 0 Å². The minimum Gasteiger partial charge on any atom is -0.339 e. The summed E-state index contributed by atoms with van der Waals surface area (Å²) in [5.74, 6) is 2.65. The van der Waals surface area contributed by atoms with E-state index < -0.39 is 0 Å². The van der Waals surface area contributed by atoms with Gasteiger partial charge in [-0.25, -0.2) is 4.79 Å². The minimum absolute atomic E-state index is 0.0269. The predicted octanol–water partition coefficient (Wildman–Crippen LogP) is 0.733. The number of anilines is 1. The molecule has 3 fully saturated rings. The molecule has 0 spiro atoms. The zero-order valence-corrected chi connectivity index (χ0v) is 12.4. The molecule has 3 aliphatic rings. The van der Waals surface area contributed by atoms with Crippen molar-refractivity contribution in [3.63, 3.8) is 0 Å². The molecule has 0 bridgehead atoms. The molecule has 7 nitrogen and oxygen atoms in total. The average molecular weight is 290 g/mol. The van der Waals surface area contributed by atoms with Gasteiger partial charge >= 0.3 is 6.03 Å². The van der Waals surface area contributed by atoms with Crippen LogP contribution in [0.25, 0.3) is 0 Å². The van der Waals surface area contributed by atoms with Gasteiger partial charge in [0.2, 0.25) is 5.95 Å². The third kappa shape index (κ3) is 2.69. The average Bonchev–Trinajstić information content (AvgIpc) is 3.36. The maximum Gasteiger partial charge on any atom is 0.315 e. The Morgan fingerprint density at radius 3 is 2.57 bits per heavy atom. The fraction of sp³-hybridized carbons (Fsp3) is 0.786. The molecule has 21 heavy (non-hydrogen) atoms. The van der Waals surface area contributed by atoms with Gasteiger partial charge in [0.15, 0.2) is 0 Å². The Hall–Kier alpha value is -1.79. The molecule has 2 aliphatic carbocycles. The van der Waals surface area contributed by atoms with Crippen molar-refractivity contribution in [1.29, 1.82) is 0 Å². The van der Waals surface area contributed by atoms with Crippen LogP contribution in [0.3, 0.4) is 0 Å². The van der Waals surface area contributed by atoms with Crippen molar-refractivity contribution in [3.8, 4) is 0 Å². The van der Waals surface area contributed by atoms with Crippen LogP contribution in [0.5, 0.6) is 0 Å². The van der Waals surface area contributed by atoms with Crippen LogP contribution in [-0.4, -0.2) is 46.0 Å². The molecule has 2 saturated carbocycles. The predicted molar refractivity (Wildman–Crippen MR) is 78.3 cm³/mol. The van der Waals surface area contributed by atoms with Crippen LogP contribution in [0, 0.1) is 0 Å². The molecule has 1 aromatic rings. The Bertz CT molecular complexity index is 548. The molecular weight excluding hydrogens is 268 g/mol. The van der Waals surface area contributed by atoms with Crippen LogP contribution >= 0.6 is 0 Å². The Kier molecular flexibility index (Phi) is 3.01. The summed E-state index contributed by atoms with van der Waals surface area (Å²) in [7, 11) is 2.05. The quantitative estimate of drug-likeness (QED) is 0.857. The third-order valence-electron chi connectivity index (χ3n) is 4.55. The van der Waals surface area contributed by atoms with E-state index in [4.69, 9.17) is 0 Å². The molecule has 114 valence electrons.